The van der Waals surface area contributed by atoms with Crippen LogP contribution in [-0.2, 0) is 6.54 Å². The molecule has 0 aliphatic rings. The number of hydrogen-bond donors (Lipinski definition) is 1. The molecule has 4 heteroatoms. The average Bonchev–Trinajstić information content (AvgIpc) is 2.42. The molecule has 20 heavy (non-hydrogen) atoms. The number of nitrogens with zero attached hydrogens (tertiary/aromatic N) is 3. The van der Waals surface area contributed by atoms with E-state index in [0.29, 0.717) is 0 Å². The molecule has 0 fully saturated rings. The number of rotatable bonds is 5. The molecule has 2 aromatic rings. The fourth-order valence-electron chi connectivity index (χ4n) is 2.23. The number of aryl methyl sites for hydroxylation is 3. The number of hydrogen-bond acceptors (Lipinski definition) is 4. The molecule has 106 valence electrons. The van der Waals surface area contributed by atoms with Gasteiger partial charge in [0.25, 0.3) is 0 Å². The Labute approximate surface area is 120 Å². The van der Waals surface area contributed by atoms with E-state index in [2.05, 4.69) is 41.0 Å². The van der Waals surface area contributed by atoms with Gasteiger partial charge in [-0.15, -0.1) is 0 Å². The number of aromatic nitrogens is 3. The van der Waals surface area contributed by atoms with Crippen LogP contribution in [0, 0.1) is 20.8 Å². The quantitative estimate of drug-likeness (QED) is 0.849. The molecule has 0 aromatic carbocycles. The molecule has 0 aliphatic heterocycles. The normalized spacial score (nSPS) is 10.8. The van der Waals surface area contributed by atoms with E-state index in [0.717, 1.165) is 47.8 Å². The fourth-order valence-corrected chi connectivity index (χ4v) is 2.23. The Hall–Kier alpha value is -1.81. The summed E-state index contributed by atoms with van der Waals surface area (Å²) in [7, 11) is 0. The van der Waals surface area contributed by atoms with Gasteiger partial charge in [0, 0.05) is 41.5 Å². The summed E-state index contributed by atoms with van der Waals surface area (Å²) in [4.78, 5) is 13.4. The maximum atomic E-state index is 4.66. The summed E-state index contributed by atoms with van der Waals surface area (Å²) in [5.74, 6) is 0.791. The zero-order valence-corrected chi connectivity index (χ0v) is 12.7. The first kappa shape index (κ1) is 14.6. The second-order valence-corrected chi connectivity index (χ2v) is 5.06. The first-order valence-corrected chi connectivity index (χ1v) is 7.09. The van der Waals surface area contributed by atoms with E-state index in [1.165, 1.54) is 5.56 Å². The molecule has 0 amide bonds. The molecule has 4 nitrogen and oxygen atoms in total. The van der Waals surface area contributed by atoms with Crippen LogP contribution in [0.25, 0.3) is 11.4 Å². The van der Waals surface area contributed by atoms with E-state index in [1.54, 1.807) is 6.20 Å². The Bertz CT molecular complexity index is 570. The van der Waals surface area contributed by atoms with Crippen molar-refractivity contribution in [2.45, 2.75) is 40.7 Å². The van der Waals surface area contributed by atoms with Gasteiger partial charge in [0.1, 0.15) is 0 Å². The first-order chi connectivity index (χ1) is 9.63. The minimum Gasteiger partial charge on any atom is -0.313 e. The van der Waals surface area contributed by atoms with E-state index < -0.39 is 0 Å². The molecule has 2 rings (SSSR count). The predicted molar refractivity (Wildman–Crippen MR) is 81.5 cm³/mol. The van der Waals surface area contributed by atoms with E-state index in [4.69, 9.17) is 0 Å². The zero-order chi connectivity index (χ0) is 14.5. The van der Waals surface area contributed by atoms with Crippen molar-refractivity contribution in [2.24, 2.45) is 0 Å². The van der Waals surface area contributed by atoms with Gasteiger partial charge in [-0.25, -0.2) is 9.97 Å². The van der Waals surface area contributed by atoms with Gasteiger partial charge in [-0.1, -0.05) is 6.92 Å². The Morgan fingerprint density at radius 1 is 1.10 bits per heavy atom. The van der Waals surface area contributed by atoms with Crippen molar-refractivity contribution in [2.75, 3.05) is 6.54 Å². The highest BCUT2D eigenvalue weighted by Gasteiger charge is 2.11. The summed E-state index contributed by atoms with van der Waals surface area (Å²) in [5, 5.41) is 3.41. The Morgan fingerprint density at radius 3 is 2.40 bits per heavy atom. The fraction of sp³-hybridized carbons (Fsp3) is 0.438. The van der Waals surface area contributed by atoms with Crippen LogP contribution in [0.2, 0.25) is 0 Å². The molecular formula is C16H22N4. The zero-order valence-electron chi connectivity index (χ0n) is 12.7. The largest absolute Gasteiger partial charge is 0.313 e. The van der Waals surface area contributed by atoms with Gasteiger partial charge < -0.3 is 5.32 Å². The van der Waals surface area contributed by atoms with Crippen LogP contribution in [0.15, 0.2) is 18.5 Å². The molecule has 0 unspecified atom stereocenters. The Balaban J connectivity index is 2.33. The topological polar surface area (TPSA) is 50.7 Å². The summed E-state index contributed by atoms with van der Waals surface area (Å²) in [6.45, 7) is 10.2. The third-order valence-electron chi connectivity index (χ3n) is 3.41. The molecule has 0 radical (unpaired) electrons. The summed E-state index contributed by atoms with van der Waals surface area (Å²) in [5.41, 5.74) is 5.45. The number of nitrogens with one attached hydrogen (secondary N) is 1. The van der Waals surface area contributed by atoms with Crippen molar-refractivity contribution in [3.63, 3.8) is 0 Å². The van der Waals surface area contributed by atoms with Crippen LogP contribution in [0.5, 0.6) is 0 Å². The monoisotopic (exact) mass is 270 g/mol. The van der Waals surface area contributed by atoms with E-state index in [-0.39, 0.29) is 0 Å². The molecule has 1 N–H and O–H groups in total. The van der Waals surface area contributed by atoms with Gasteiger partial charge in [-0.05, 0) is 45.4 Å². The molecule has 2 aromatic heterocycles. The molecule has 0 saturated heterocycles. The van der Waals surface area contributed by atoms with Crippen LogP contribution >= 0.6 is 0 Å². The van der Waals surface area contributed by atoms with Crippen molar-refractivity contribution < 1.29 is 0 Å². The van der Waals surface area contributed by atoms with Crippen molar-refractivity contribution in [3.05, 3.63) is 41.0 Å². The maximum Gasteiger partial charge on any atom is 0.160 e. The summed E-state index contributed by atoms with van der Waals surface area (Å²) >= 11 is 0. The Morgan fingerprint density at radius 2 is 1.80 bits per heavy atom. The van der Waals surface area contributed by atoms with E-state index in [1.807, 2.05) is 19.2 Å². The highest BCUT2D eigenvalue weighted by molar-refractivity contribution is 5.59. The summed E-state index contributed by atoms with van der Waals surface area (Å²) in [6, 6.07) is 1.97. The molecular weight excluding hydrogens is 248 g/mol. The van der Waals surface area contributed by atoms with Crippen LogP contribution in [0.1, 0.15) is 35.9 Å². The van der Waals surface area contributed by atoms with Crippen molar-refractivity contribution >= 4 is 0 Å². The average molecular weight is 270 g/mol. The Kier molecular flexibility index (Phi) is 4.79. The second-order valence-electron chi connectivity index (χ2n) is 5.06. The third-order valence-corrected chi connectivity index (χ3v) is 3.41. The molecule has 0 aliphatic carbocycles. The summed E-state index contributed by atoms with van der Waals surface area (Å²) in [6.07, 6.45) is 4.76. The lowest BCUT2D eigenvalue weighted by Gasteiger charge is -2.12. The second kappa shape index (κ2) is 6.57. The SMILES string of the molecule is CCCNCc1c(C)nc(-c2ccncc2C)nc1C. The van der Waals surface area contributed by atoms with Crippen molar-refractivity contribution in [3.8, 4) is 11.4 Å². The van der Waals surface area contributed by atoms with Gasteiger partial charge in [-0.3, -0.25) is 4.98 Å². The lowest BCUT2D eigenvalue weighted by molar-refractivity contribution is 0.665. The van der Waals surface area contributed by atoms with Crippen LogP contribution in [0.3, 0.4) is 0 Å². The molecule has 2 heterocycles. The standard InChI is InChI=1S/C16H22N4/c1-5-7-17-10-15-12(3)19-16(20-13(15)4)14-6-8-18-9-11(14)2/h6,8-9,17H,5,7,10H2,1-4H3. The van der Waals surface area contributed by atoms with Crippen LogP contribution < -0.4 is 5.32 Å². The van der Waals surface area contributed by atoms with Crippen molar-refractivity contribution in [1.82, 2.24) is 20.3 Å². The highest BCUT2D eigenvalue weighted by atomic mass is 14.9. The minimum absolute atomic E-state index is 0.791. The lowest BCUT2D eigenvalue weighted by Crippen LogP contribution is -2.17. The molecule has 0 spiro atoms. The number of pyridine rings is 1. The highest BCUT2D eigenvalue weighted by Crippen LogP contribution is 2.21. The molecule has 0 saturated carbocycles. The van der Waals surface area contributed by atoms with Crippen LogP contribution in [-0.4, -0.2) is 21.5 Å². The van der Waals surface area contributed by atoms with Crippen LogP contribution in [0.4, 0.5) is 0 Å². The van der Waals surface area contributed by atoms with E-state index in [9.17, 15) is 0 Å². The summed E-state index contributed by atoms with van der Waals surface area (Å²) < 4.78 is 0. The molecule has 0 bridgehead atoms. The maximum absolute atomic E-state index is 4.66. The minimum atomic E-state index is 0.791. The lowest BCUT2D eigenvalue weighted by atomic mass is 10.1. The van der Waals surface area contributed by atoms with Crippen molar-refractivity contribution in [1.29, 1.82) is 0 Å². The molecule has 0 atom stereocenters. The third kappa shape index (κ3) is 3.20. The van der Waals surface area contributed by atoms with E-state index >= 15 is 0 Å². The van der Waals surface area contributed by atoms with Gasteiger partial charge in [0.05, 0.1) is 0 Å². The van der Waals surface area contributed by atoms with Gasteiger partial charge in [-0.2, -0.15) is 0 Å². The van der Waals surface area contributed by atoms with Gasteiger partial charge >= 0.3 is 0 Å². The van der Waals surface area contributed by atoms with Gasteiger partial charge in [0.15, 0.2) is 5.82 Å². The van der Waals surface area contributed by atoms with Gasteiger partial charge in [0.2, 0.25) is 0 Å². The predicted octanol–water partition coefficient (Wildman–Crippen LogP) is 2.96. The smallest absolute Gasteiger partial charge is 0.160 e. The first-order valence-electron chi connectivity index (χ1n) is 7.09.